The number of hydrogen-bond acceptors (Lipinski definition) is 2. The van der Waals surface area contributed by atoms with Crippen LogP contribution >= 0.6 is 24.0 Å². The molecule has 1 saturated carbocycles. The number of aliphatic hydroxyl groups excluding tert-OH is 1. The van der Waals surface area contributed by atoms with E-state index in [1.54, 1.807) is 0 Å². The first-order valence-corrected chi connectivity index (χ1v) is 7.75. The van der Waals surface area contributed by atoms with Gasteiger partial charge < -0.3 is 15.7 Å². The van der Waals surface area contributed by atoms with Gasteiger partial charge in [0.25, 0.3) is 0 Å². The van der Waals surface area contributed by atoms with Crippen LogP contribution in [0, 0.1) is 11.6 Å². The molecular formula is C16H24F2IN3O. The Bertz CT molecular complexity index is 520. The lowest BCUT2D eigenvalue weighted by Crippen LogP contribution is -2.45. The molecule has 0 saturated heterocycles. The molecule has 0 aliphatic heterocycles. The van der Waals surface area contributed by atoms with Crippen molar-refractivity contribution in [2.45, 2.75) is 51.3 Å². The number of halogens is 3. The highest BCUT2D eigenvalue weighted by molar-refractivity contribution is 14.0. The highest BCUT2D eigenvalue weighted by atomic mass is 127. The second-order valence-electron chi connectivity index (χ2n) is 5.58. The standard InChI is InChI=1S/C16H23F2N3O.HI/c1-2-19-16(21-13-4-6-14(22)7-5-13)20-10-11-9-12(17)3-8-15(11)18;/h3,8-9,13-14,22H,2,4-7,10H2,1H3,(H2,19,20,21);1H. The van der Waals surface area contributed by atoms with E-state index < -0.39 is 11.6 Å². The molecule has 1 aliphatic rings. The van der Waals surface area contributed by atoms with E-state index in [2.05, 4.69) is 15.6 Å². The highest BCUT2D eigenvalue weighted by Crippen LogP contribution is 2.18. The van der Waals surface area contributed by atoms with Crippen molar-refractivity contribution in [3.63, 3.8) is 0 Å². The maximum absolute atomic E-state index is 13.6. The van der Waals surface area contributed by atoms with Crippen LogP contribution < -0.4 is 10.6 Å². The van der Waals surface area contributed by atoms with E-state index in [0.29, 0.717) is 12.5 Å². The van der Waals surface area contributed by atoms with E-state index >= 15 is 0 Å². The van der Waals surface area contributed by atoms with E-state index in [9.17, 15) is 13.9 Å². The number of benzene rings is 1. The average Bonchev–Trinajstić information content (AvgIpc) is 2.50. The Kier molecular flexibility index (Phi) is 8.75. The molecule has 0 atom stereocenters. The van der Waals surface area contributed by atoms with Crippen molar-refractivity contribution in [1.82, 2.24) is 10.6 Å². The monoisotopic (exact) mass is 439 g/mol. The Morgan fingerprint density at radius 1 is 1.26 bits per heavy atom. The molecule has 0 heterocycles. The van der Waals surface area contributed by atoms with Crippen LogP contribution in [0.4, 0.5) is 8.78 Å². The normalized spacial score (nSPS) is 21.5. The quantitative estimate of drug-likeness (QED) is 0.384. The Hall–Kier alpha value is -0.960. The van der Waals surface area contributed by atoms with Gasteiger partial charge in [-0.3, -0.25) is 0 Å². The first kappa shape index (κ1) is 20.1. The second-order valence-corrected chi connectivity index (χ2v) is 5.58. The third kappa shape index (κ3) is 6.58. The van der Waals surface area contributed by atoms with Gasteiger partial charge in [0.15, 0.2) is 5.96 Å². The van der Waals surface area contributed by atoms with Gasteiger partial charge in [0, 0.05) is 18.2 Å². The Balaban J connectivity index is 0.00000264. The Morgan fingerprint density at radius 2 is 1.96 bits per heavy atom. The van der Waals surface area contributed by atoms with Crippen molar-refractivity contribution < 1.29 is 13.9 Å². The molecule has 1 aliphatic carbocycles. The molecule has 0 bridgehead atoms. The van der Waals surface area contributed by atoms with E-state index in [0.717, 1.165) is 37.8 Å². The van der Waals surface area contributed by atoms with Gasteiger partial charge in [-0.1, -0.05) is 0 Å². The molecule has 0 radical (unpaired) electrons. The third-order valence-electron chi connectivity index (χ3n) is 3.80. The molecule has 0 spiro atoms. The SMILES string of the molecule is CCNC(=NCc1cc(F)ccc1F)NC1CCC(O)CC1.I. The average molecular weight is 439 g/mol. The zero-order valence-corrected chi connectivity index (χ0v) is 15.5. The summed E-state index contributed by atoms with van der Waals surface area (Å²) in [4.78, 5) is 4.32. The summed E-state index contributed by atoms with van der Waals surface area (Å²) in [7, 11) is 0. The van der Waals surface area contributed by atoms with Crippen LogP contribution in [0.5, 0.6) is 0 Å². The van der Waals surface area contributed by atoms with Crippen molar-refractivity contribution in [2.75, 3.05) is 6.54 Å². The lowest BCUT2D eigenvalue weighted by Gasteiger charge is -2.27. The van der Waals surface area contributed by atoms with Crippen molar-refractivity contribution >= 4 is 29.9 Å². The number of nitrogens with one attached hydrogen (secondary N) is 2. The summed E-state index contributed by atoms with van der Waals surface area (Å²) in [5, 5.41) is 15.9. The molecule has 7 heteroatoms. The number of hydrogen-bond donors (Lipinski definition) is 3. The van der Waals surface area contributed by atoms with Crippen LogP contribution in [-0.4, -0.2) is 29.8 Å². The zero-order valence-electron chi connectivity index (χ0n) is 13.2. The van der Waals surface area contributed by atoms with Crippen LogP contribution in [0.3, 0.4) is 0 Å². The minimum absolute atomic E-state index is 0. The maximum Gasteiger partial charge on any atom is 0.191 e. The highest BCUT2D eigenvalue weighted by Gasteiger charge is 2.20. The van der Waals surface area contributed by atoms with Crippen molar-refractivity contribution in [3.8, 4) is 0 Å². The number of aliphatic hydroxyl groups is 1. The van der Waals surface area contributed by atoms with Gasteiger partial charge in [0.1, 0.15) is 11.6 Å². The first-order chi connectivity index (χ1) is 10.6. The summed E-state index contributed by atoms with van der Waals surface area (Å²) in [5.41, 5.74) is 0.233. The predicted octanol–water partition coefficient (Wildman–Crippen LogP) is 2.94. The summed E-state index contributed by atoms with van der Waals surface area (Å²) >= 11 is 0. The fourth-order valence-corrected chi connectivity index (χ4v) is 2.56. The largest absolute Gasteiger partial charge is 0.393 e. The summed E-state index contributed by atoms with van der Waals surface area (Å²) in [6, 6.07) is 3.63. The van der Waals surface area contributed by atoms with E-state index in [4.69, 9.17) is 0 Å². The zero-order chi connectivity index (χ0) is 15.9. The Morgan fingerprint density at radius 3 is 2.61 bits per heavy atom. The molecule has 3 N–H and O–H groups in total. The first-order valence-electron chi connectivity index (χ1n) is 7.75. The molecule has 1 aromatic rings. The van der Waals surface area contributed by atoms with Gasteiger partial charge in [0.2, 0.25) is 0 Å². The molecule has 0 unspecified atom stereocenters. The van der Waals surface area contributed by atoms with Gasteiger partial charge in [-0.05, 0) is 50.8 Å². The van der Waals surface area contributed by atoms with Gasteiger partial charge in [0.05, 0.1) is 12.6 Å². The van der Waals surface area contributed by atoms with E-state index in [1.807, 2.05) is 6.92 Å². The smallest absolute Gasteiger partial charge is 0.191 e. The molecule has 1 aromatic carbocycles. The topological polar surface area (TPSA) is 56.7 Å². The van der Waals surface area contributed by atoms with Crippen molar-refractivity contribution in [1.29, 1.82) is 0 Å². The number of rotatable bonds is 4. The van der Waals surface area contributed by atoms with Crippen LogP contribution in [0.25, 0.3) is 0 Å². The van der Waals surface area contributed by atoms with Crippen molar-refractivity contribution in [2.24, 2.45) is 4.99 Å². The minimum Gasteiger partial charge on any atom is -0.393 e. The van der Waals surface area contributed by atoms with Gasteiger partial charge in [-0.15, -0.1) is 24.0 Å². The molecule has 130 valence electrons. The summed E-state index contributed by atoms with van der Waals surface area (Å²) in [6.45, 7) is 2.71. The van der Waals surface area contributed by atoms with Crippen LogP contribution in [0.2, 0.25) is 0 Å². The third-order valence-corrected chi connectivity index (χ3v) is 3.80. The predicted molar refractivity (Wildman–Crippen MR) is 98.0 cm³/mol. The molecule has 2 rings (SSSR count). The van der Waals surface area contributed by atoms with E-state index in [1.165, 1.54) is 6.07 Å². The fraction of sp³-hybridized carbons (Fsp3) is 0.562. The van der Waals surface area contributed by atoms with Gasteiger partial charge >= 0.3 is 0 Å². The van der Waals surface area contributed by atoms with Crippen LogP contribution in [0.15, 0.2) is 23.2 Å². The van der Waals surface area contributed by atoms with Crippen LogP contribution in [-0.2, 0) is 6.54 Å². The van der Waals surface area contributed by atoms with E-state index in [-0.39, 0.29) is 48.2 Å². The Labute approximate surface area is 152 Å². The fourth-order valence-electron chi connectivity index (χ4n) is 2.56. The number of guanidine groups is 1. The number of aliphatic imine (C=N–C) groups is 1. The summed E-state index contributed by atoms with van der Waals surface area (Å²) in [6.07, 6.45) is 3.09. The summed E-state index contributed by atoms with van der Waals surface area (Å²) in [5.74, 6) is -0.333. The molecule has 1 fully saturated rings. The molecule has 4 nitrogen and oxygen atoms in total. The lowest BCUT2D eigenvalue weighted by atomic mass is 9.93. The molecule has 0 aromatic heterocycles. The number of nitrogens with zero attached hydrogens (tertiary/aromatic N) is 1. The molecular weight excluding hydrogens is 415 g/mol. The van der Waals surface area contributed by atoms with Crippen LogP contribution in [0.1, 0.15) is 38.2 Å². The minimum atomic E-state index is -0.467. The van der Waals surface area contributed by atoms with Crippen molar-refractivity contribution in [3.05, 3.63) is 35.4 Å². The maximum atomic E-state index is 13.6. The summed E-state index contributed by atoms with van der Waals surface area (Å²) < 4.78 is 26.8. The molecule has 23 heavy (non-hydrogen) atoms. The van der Waals surface area contributed by atoms with Gasteiger partial charge in [-0.2, -0.15) is 0 Å². The van der Waals surface area contributed by atoms with Gasteiger partial charge in [-0.25, -0.2) is 13.8 Å². The second kappa shape index (κ2) is 10.0. The molecule has 0 amide bonds. The lowest BCUT2D eigenvalue weighted by molar-refractivity contribution is 0.120.